The molecule has 5 rings (SSSR count). The van der Waals surface area contributed by atoms with Crippen LogP contribution in [0, 0.1) is 25.2 Å². The van der Waals surface area contributed by atoms with Gasteiger partial charge in [-0.15, -0.1) is 0 Å². The van der Waals surface area contributed by atoms with Crippen molar-refractivity contribution in [2.45, 2.75) is 27.2 Å². The molecule has 45 heavy (non-hydrogen) atoms. The van der Waals surface area contributed by atoms with Crippen molar-refractivity contribution >= 4 is 40.0 Å². The van der Waals surface area contributed by atoms with Gasteiger partial charge in [-0.1, -0.05) is 35.9 Å². The lowest BCUT2D eigenvalue weighted by Crippen LogP contribution is -2.31. The second-order valence-corrected chi connectivity index (χ2v) is 11.1. The van der Waals surface area contributed by atoms with E-state index in [1.54, 1.807) is 61.8 Å². The van der Waals surface area contributed by atoms with Gasteiger partial charge in [0, 0.05) is 59.1 Å². The topological polar surface area (TPSA) is 120 Å². The van der Waals surface area contributed by atoms with E-state index in [4.69, 9.17) is 16.3 Å². The van der Waals surface area contributed by atoms with Gasteiger partial charge in [-0.2, -0.15) is 5.26 Å². The summed E-state index contributed by atoms with van der Waals surface area (Å²) in [5, 5.41) is 13.1. The Morgan fingerprint density at radius 2 is 1.78 bits per heavy atom. The summed E-state index contributed by atoms with van der Waals surface area (Å²) in [7, 11) is 1.64. The third-order valence-electron chi connectivity index (χ3n) is 7.50. The first kappa shape index (κ1) is 31.1. The highest BCUT2D eigenvalue weighted by Crippen LogP contribution is 2.39. The zero-order chi connectivity index (χ0) is 32.2. The lowest BCUT2D eigenvalue weighted by Gasteiger charge is -2.23. The minimum Gasteiger partial charge on any atom is -0.456 e. The number of fused-ring (bicyclic) bond motifs is 1. The molecule has 0 bridgehead atoms. The maximum Gasteiger partial charge on any atom is 0.274 e. The average molecular weight is 622 g/mol. The summed E-state index contributed by atoms with van der Waals surface area (Å²) in [4.78, 5) is 44.3. The normalized spacial score (nSPS) is 10.8. The fourth-order valence-electron chi connectivity index (χ4n) is 5.27. The first-order valence-electron chi connectivity index (χ1n) is 14.5. The third kappa shape index (κ3) is 6.33. The molecule has 228 valence electrons. The summed E-state index contributed by atoms with van der Waals surface area (Å²) >= 11 is 6.24. The number of carbonyl (C=O) groups is 2. The molecule has 0 aliphatic rings. The van der Waals surface area contributed by atoms with Crippen LogP contribution in [0.2, 0.25) is 5.02 Å². The lowest BCUT2D eigenvalue weighted by molar-refractivity contribution is 0.0950. The highest BCUT2D eigenvalue weighted by atomic mass is 35.5. The Bertz CT molecular complexity index is 2020. The molecule has 5 aromatic rings. The number of rotatable bonds is 9. The van der Waals surface area contributed by atoms with Gasteiger partial charge in [0.05, 0.1) is 12.5 Å². The van der Waals surface area contributed by atoms with E-state index < -0.39 is 0 Å². The van der Waals surface area contributed by atoms with E-state index in [2.05, 4.69) is 16.4 Å². The van der Waals surface area contributed by atoms with Gasteiger partial charge < -0.3 is 24.5 Å². The van der Waals surface area contributed by atoms with Crippen molar-refractivity contribution in [3.63, 3.8) is 0 Å². The van der Waals surface area contributed by atoms with Crippen LogP contribution in [0.25, 0.3) is 22.0 Å². The smallest absolute Gasteiger partial charge is 0.274 e. The number of nitrogens with one attached hydrogen (secondary N) is 2. The van der Waals surface area contributed by atoms with Gasteiger partial charge in [-0.3, -0.25) is 14.4 Å². The standard InChI is InChI=1S/C35H32ClN5O4/c1-5-38-33(42)29-19-27-28(20-40(4)35(44)31(27)39-29)26-14-13-23(17-30(26)45-32-21(2)9-6-10-22(32)3)34(43)41(16-8-15-37)25-12-7-11-24(36)18-25/h6-7,9-14,17-20,39H,5,8,16H2,1-4H3,(H,38,42). The highest BCUT2D eigenvalue weighted by molar-refractivity contribution is 6.31. The second kappa shape index (κ2) is 13.1. The number of aromatic nitrogens is 2. The van der Waals surface area contributed by atoms with Crippen LogP contribution in [0.1, 0.15) is 45.3 Å². The summed E-state index contributed by atoms with van der Waals surface area (Å²) in [5.74, 6) is 0.354. The molecule has 0 aliphatic carbocycles. The van der Waals surface area contributed by atoms with E-state index in [1.807, 2.05) is 39.0 Å². The molecule has 0 radical (unpaired) electrons. The Morgan fingerprint density at radius 1 is 1.04 bits per heavy atom. The van der Waals surface area contributed by atoms with Crippen LogP contribution in [0.3, 0.4) is 0 Å². The van der Waals surface area contributed by atoms with E-state index in [9.17, 15) is 19.6 Å². The van der Waals surface area contributed by atoms with Crippen LogP contribution in [-0.2, 0) is 7.05 Å². The van der Waals surface area contributed by atoms with E-state index >= 15 is 0 Å². The maximum atomic E-state index is 14.0. The minimum absolute atomic E-state index is 0.125. The van der Waals surface area contributed by atoms with Crippen LogP contribution in [0.15, 0.2) is 77.7 Å². The van der Waals surface area contributed by atoms with E-state index in [0.717, 1.165) is 11.1 Å². The van der Waals surface area contributed by atoms with Crippen molar-refractivity contribution in [2.75, 3.05) is 18.0 Å². The Hall–Kier alpha value is -5.33. The van der Waals surface area contributed by atoms with Crippen molar-refractivity contribution in [3.8, 4) is 28.7 Å². The Morgan fingerprint density at radius 3 is 2.47 bits per heavy atom. The van der Waals surface area contributed by atoms with Gasteiger partial charge in [0.1, 0.15) is 22.7 Å². The quantitative estimate of drug-likeness (QED) is 0.185. The number of benzene rings is 3. The number of ether oxygens (including phenoxy) is 1. The van der Waals surface area contributed by atoms with Crippen molar-refractivity contribution in [1.82, 2.24) is 14.9 Å². The van der Waals surface area contributed by atoms with Crippen LogP contribution in [0.4, 0.5) is 5.69 Å². The van der Waals surface area contributed by atoms with Crippen molar-refractivity contribution in [3.05, 3.63) is 111 Å². The molecule has 3 aromatic carbocycles. The summed E-state index contributed by atoms with van der Waals surface area (Å²) in [6.07, 6.45) is 1.82. The van der Waals surface area contributed by atoms with Gasteiger partial charge in [0.15, 0.2) is 0 Å². The predicted molar refractivity (Wildman–Crippen MR) is 176 cm³/mol. The van der Waals surface area contributed by atoms with Crippen molar-refractivity contribution < 1.29 is 14.3 Å². The first-order chi connectivity index (χ1) is 21.6. The van der Waals surface area contributed by atoms with Gasteiger partial charge in [-0.05, 0) is 74.4 Å². The number of aromatic amines is 1. The zero-order valence-electron chi connectivity index (χ0n) is 25.4. The molecule has 2 aromatic heterocycles. The molecule has 0 atom stereocenters. The molecule has 2 amide bonds. The second-order valence-electron chi connectivity index (χ2n) is 10.7. The molecule has 0 aliphatic heterocycles. The molecule has 2 heterocycles. The number of para-hydroxylation sites is 1. The number of hydrogen-bond acceptors (Lipinski definition) is 5. The van der Waals surface area contributed by atoms with Crippen molar-refractivity contribution in [1.29, 1.82) is 5.26 Å². The molecular weight excluding hydrogens is 590 g/mol. The molecular formula is C35H32ClN5O4. The zero-order valence-corrected chi connectivity index (χ0v) is 26.2. The fourth-order valence-corrected chi connectivity index (χ4v) is 5.45. The molecule has 0 unspecified atom stereocenters. The Labute approximate surface area is 265 Å². The van der Waals surface area contributed by atoms with Crippen LogP contribution >= 0.6 is 11.6 Å². The Balaban J connectivity index is 1.71. The number of anilines is 1. The van der Waals surface area contributed by atoms with Gasteiger partial charge in [0.2, 0.25) is 0 Å². The number of amides is 2. The number of aryl methyl sites for hydroxylation is 3. The maximum absolute atomic E-state index is 14.0. The number of H-pyrrole nitrogens is 1. The van der Waals surface area contributed by atoms with Gasteiger partial charge in [-0.25, -0.2) is 0 Å². The molecule has 10 heteroatoms. The van der Waals surface area contributed by atoms with Gasteiger partial charge in [0.25, 0.3) is 17.4 Å². The molecule has 0 spiro atoms. The lowest BCUT2D eigenvalue weighted by atomic mass is 10.00. The molecule has 0 saturated heterocycles. The monoisotopic (exact) mass is 621 g/mol. The molecule has 0 fully saturated rings. The van der Waals surface area contributed by atoms with E-state index in [-0.39, 0.29) is 41.5 Å². The first-order valence-corrected chi connectivity index (χ1v) is 14.8. The third-order valence-corrected chi connectivity index (χ3v) is 7.73. The number of nitriles is 1. The molecule has 9 nitrogen and oxygen atoms in total. The summed E-state index contributed by atoms with van der Waals surface area (Å²) in [5.41, 5.74) is 4.19. The number of carbonyl (C=O) groups excluding carboxylic acids is 2. The predicted octanol–water partition coefficient (Wildman–Crippen LogP) is 6.91. The molecule has 0 saturated carbocycles. The minimum atomic E-state index is -0.337. The van der Waals surface area contributed by atoms with E-state index in [1.165, 1.54) is 9.47 Å². The van der Waals surface area contributed by atoms with Crippen LogP contribution < -0.4 is 20.5 Å². The fraction of sp³-hybridized carbons (Fsp3) is 0.200. The van der Waals surface area contributed by atoms with Crippen molar-refractivity contribution in [2.24, 2.45) is 7.05 Å². The largest absolute Gasteiger partial charge is 0.456 e. The Kier molecular flexibility index (Phi) is 9.07. The average Bonchev–Trinajstić information content (AvgIpc) is 3.47. The summed E-state index contributed by atoms with van der Waals surface area (Å²) < 4.78 is 8.04. The number of nitrogens with zero attached hydrogens (tertiary/aromatic N) is 3. The number of pyridine rings is 1. The number of hydrogen-bond donors (Lipinski definition) is 2. The summed E-state index contributed by atoms with van der Waals surface area (Å²) in [6, 6.07) is 21.6. The van der Waals surface area contributed by atoms with Crippen LogP contribution in [-0.4, -0.2) is 34.5 Å². The van der Waals surface area contributed by atoms with Gasteiger partial charge >= 0.3 is 0 Å². The van der Waals surface area contributed by atoms with Crippen LogP contribution in [0.5, 0.6) is 11.5 Å². The molecule has 2 N–H and O–H groups in total. The SMILES string of the molecule is CCNC(=O)c1cc2c(-c3ccc(C(=O)N(CCC#N)c4cccc(Cl)c4)cc3Oc3c(C)cccc3C)cn(C)c(=O)c2[nH]1. The van der Waals surface area contributed by atoms with E-state index in [0.29, 0.717) is 50.8 Å². The highest BCUT2D eigenvalue weighted by Gasteiger charge is 2.23. The summed E-state index contributed by atoms with van der Waals surface area (Å²) in [6.45, 7) is 6.30. The number of halogens is 1.